The number of fused-ring (bicyclic) bond motifs is 11. The molecule has 16 rings (SSSR count). The molecule has 9 unspecified atom stereocenters. The van der Waals surface area contributed by atoms with Crippen molar-refractivity contribution >= 4 is 34.6 Å². The van der Waals surface area contributed by atoms with Crippen molar-refractivity contribution in [1.82, 2.24) is 21.3 Å². The third-order valence-electron chi connectivity index (χ3n) is 26.7. The summed E-state index contributed by atoms with van der Waals surface area (Å²) in [6.07, 6.45) is 9.67. The minimum atomic E-state index is -4.46. The van der Waals surface area contributed by atoms with Crippen molar-refractivity contribution in [3.63, 3.8) is 0 Å². The predicted molar refractivity (Wildman–Crippen MR) is 196 cm³/mol. The van der Waals surface area contributed by atoms with Gasteiger partial charge in [-0.25, -0.2) is 0 Å². The summed E-state index contributed by atoms with van der Waals surface area (Å²) < 4.78 is 3.41. The van der Waals surface area contributed by atoms with Crippen molar-refractivity contribution in [2.75, 3.05) is 45.4 Å². The standard InChI is InChI=1S/C31H57N4P2Si2.C5H5.Fe/c1-38(2,3)25-16-24(31(37,26-17-32-7-9-34-26)27-18-33-8-10-35-27)28(29(25)39(4,5)6)30(19-36)22-12-20-11-21(14-22)15-23(30)13-20;1-2-4-5-3-1;/h16,20-23,26-27,32-35H,7-15,17-19,36-37H2,1-6H3;1-5H;. The molecule has 1 spiro atoms. The Morgan fingerprint density at radius 2 is 1.20 bits per heavy atom. The fraction of sp³-hybridized carbons (Fsp3) is 1.00. The van der Waals surface area contributed by atoms with Crippen LogP contribution in [0.25, 0.3) is 0 Å². The summed E-state index contributed by atoms with van der Waals surface area (Å²) >= 11 is 0. The van der Waals surface area contributed by atoms with E-state index in [9.17, 15) is 0 Å². The van der Waals surface area contributed by atoms with E-state index in [1.165, 1.54) is 61.2 Å². The first-order valence-corrected chi connectivity index (χ1v) is 34.2. The van der Waals surface area contributed by atoms with Crippen LogP contribution in [0.2, 0.25) is 84.7 Å². The number of piperazine rings is 2. The zero-order valence-electron chi connectivity index (χ0n) is 28.9. The molecule has 9 atom stereocenters. The monoisotopic (exact) mass is 724 g/mol. The summed E-state index contributed by atoms with van der Waals surface area (Å²) in [6, 6.07) is 1.22. The summed E-state index contributed by atoms with van der Waals surface area (Å²) in [5.74, 6) is 4.31. The van der Waals surface area contributed by atoms with E-state index < -0.39 is 22.7 Å². The van der Waals surface area contributed by atoms with Crippen molar-refractivity contribution in [3.05, 3.63) is 0 Å². The number of hydrogen-bond acceptors (Lipinski definition) is 4. The van der Waals surface area contributed by atoms with Crippen LogP contribution >= 0.6 is 18.5 Å². The van der Waals surface area contributed by atoms with Crippen LogP contribution in [-0.4, -0.2) is 78.8 Å². The van der Waals surface area contributed by atoms with E-state index in [4.69, 9.17) is 0 Å². The molecule has 252 valence electrons. The van der Waals surface area contributed by atoms with Crippen LogP contribution in [0, 0.1) is 29.1 Å². The quantitative estimate of drug-likeness (QED) is 0.175. The SMILES string of the molecule is C[Si](C)(C)[C]12[CH]3[C]4(C(P)(C5CNCCN5)C5CNCCN5)[C]5(C6(CP)C7CC8CC(C7)CC6C8)[C]1([Si](C)(C)C)[Fe]34521678[CH]2[CH]1[CH]6[CH]7[CH]28. The van der Waals surface area contributed by atoms with Gasteiger partial charge in [-0.3, -0.25) is 0 Å². The number of nitrogens with one attached hydrogen (secondary N) is 4. The maximum absolute atomic E-state index is 4.46. The van der Waals surface area contributed by atoms with Gasteiger partial charge in [0.1, 0.15) is 0 Å². The van der Waals surface area contributed by atoms with Crippen LogP contribution in [0.15, 0.2) is 0 Å². The van der Waals surface area contributed by atoms with Gasteiger partial charge in [0, 0.05) is 0 Å². The fourth-order valence-corrected chi connectivity index (χ4v) is 174. The molecule has 12 heterocycles. The molecule has 16 fully saturated rings. The van der Waals surface area contributed by atoms with E-state index in [2.05, 4.69) is 79.0 Å². The second-order valence-electron chi connectivity index (χ2n) is 24.3. The van der Waals surface area contributed by atoms with Gasteiger partial charge < -0.3 is 0 Å². The predicted octanol–water partition coefficient (Wildman–Crippen LogP) is 6.67. The molecule has 4 nitrogen and oxygen atoms in total. The summed E-state index contributed by atoms with van der Waals surface area (Å²) in [4.78, 5) is 7.92. The molecule has 9 heteroatoms. The summed E-state index contributed by atoms with van der Waals surface area (Å²) in [6.45, 7) is 20.8. The normalized spacial score (nSPS) is 81.0. The van der Waals surface area contributed by atoms with Crippen molar-refractivity contribution in [2.24, 2.45) is 29.1 Å². The summed E-state index contributed by atoms with van der Waals surface area (Å²) in [5, 5.41) is 17.2. The van der Waals surface area contributed by atoms with E-state index >= 15 is 0 Å². The summed E-state index contributed by atoms with van der Waals surface area (Å²) in [7, 11) is 4.71. The molecule has 4 saturated carbocycles. The van der Waals surface area contributed by atoms with E-state index in [1.807, 2.05) is 0 Å². The first-order chi connectivity index (χ1) is 21.2. The molecule has 12 aliphatic heterocycles. The molecule has 4 bridgehead atoms. The molecular weight excluding hydrogens is 662 g/mol. The van der Waals surface area contributed by atoms with Gasteiger partial charge >= 0.3 is 271 Å². The van der Waals surface area contributed by atoms with Crippen LogP contribution in [0.3, 0.4) is 0 Å². The molecule has 45 heavy (non-hydrogen) atoms. The van der Waals surface area contributed by atoms with Gasteiger partial charge in [0.05, 0.1) is 0 Å². The van der Waals surface area contributed by atoms with E-state index in [0.29, 0.717) is 22.7 Å². The number of hydrogen-bond donors (Lipinski definition) is 4. The molecule has 0 aromatic heterocycles. The van der Waals surface area contributed by atoms with Gasteiger partial charge in [-0.2, -0.15) is 0 Å². The Kier molecular flexibility index (Phi) is 2.49. The molecule has 12 saturated heterocycles. The van der Waals surface area contributed by atoms with Crippen molar-refractivity contribution in [3.8, 4) is 0 Å². The minimum absolute atomic E-state index is 0.305. The van der Waals surface area contributed by atoms with Crippen LogP contribution < -0.4 is 21.3 Å². The van der Waals surface area contributed by atoms with Gasteiger partial charge in [-0.1, -0.05) is 0 Å². The van der Waals surface area contributed by atoms with E-state index in [1.54, 1.807) is 32.1 Å². The molecule has 16 aliphatic rings. The Morgan fingerprint density at radius 3 is 1.56 bits per heavy atom. The van der Waals surface area contributed by atoms with Gasteiger partial charge in [0.25, 0.3) is 0 Å². The first kappa shape index (κ1) is 26.4. The van der Waals surface area contributed by atoms with Crippen LogP contribution in [0.5, 0.6) is 0 Å². The Balaban J connectivity index is 1.15. The second-order valence-corrected chi connectivity index (χ2v) is 59.7. The zero-order valence-corrected chi connectivity index (χ0v) is 34.3. The third kappa shape index (κ3) is 0.688. The second kappa shape index (κ2) is 4.23. The van der Waals surface area contributed by atoms with Gasteiger partial charge in [0.2, 0.25) is 0 Å². The molecule has 0 aromatic rings. The Hall–Kier alpha value is 1.65. The van der Waals surface area contributed by atoms with Gasteiger partial charge in [-0.05, 0) is 0 Å². The maximum atomic E-state index is 4.40. The van der Waals surface area contributed by atoms with Gasteiger partial charge in [-0.15, -0.1) is 0 Å². The first-order valence-electron chi connectivity index (χ1n) is 19.7. The fourth-order valence-electron chi connectivity index (χ4n) is 32.2. The molecule has 0 aromatic carbocycles. The summed E-state index contributed by atoms with van der Waals surface area (Å²) in [5.41, 5.74) is 0.670. The molecule has 0 amide bonds. The van der Waals surface area contributed by atoms with E-state index in [0.717, 1.165) is 53.3 Å². The van der Waals surface area contributed by atoms with Crippen LogP contribution in [0.4, 0.5) is 0 Å². The third-order valence-corrected chi connectivity index (χ3v) is 91.4. The topological polar surface area (TPSA) is 48.1 Å². The van der Waals surface area contributed by atoms with E-state index in [-0.39, 0.29) is 0 Å². The Bertz CT molecular complexity index is 1910. The van der Waals surface area contributed by atoms with Gasteiger partial charge in [0.15, 0.2) is 0 Å². The zero-order chi connectivity index (χ0) is 30.6. The Labute approximate surface area is 269 Å². The van der Waals surface area contributed by atoms with Crippen molar-refractivity contribution < 1.29 is 6.51 Å². The molecule has 4 N–H and O–H groups in total. The average Bonchev–Trinajstić information content (AvgIpc) is 3.95. The Morgan fingerprint density at radius 1 is 0.711 bits per heavy atom. The average molecular weight is 725 g/mol. The van der Waals surface area contributed by atoms with Crippen molar-refractivity contribution in [1.29, 1.82) is 0 Å². The van der Waals surface area contributed by atoms with Crippen LogP contribution in [-0.2, 0) is 6.51 Å². The number of rotatable bonds is 7. The van der Waals surface area contributed by atoms with Crippen LogP contribution in [0.1, 0.15) is 32.1 Å². The molecule has 4 aliphatic carbocycles. The molecule has 0 radical (unpaired) electrons. The molecular formula is C36H62FeN4P2Si2. The van der Waals surface area contributed by atoms with Crippen molar-refractivity contribution in [2.45, 2.75) is 134 Å².